The zero-order valence-electron chi connectivity index (χ0n) is 12.5. The minimum Gasteiger partial charge on any atom is -0.546 e. The Morgan fingerprint density at radius 3 is 2.74 bits per heavy atom. The molecule has 3 aromatic rings. The van der Waals surface area contributed by atoms with Crippen LogP contribution >= 0.6 is 0 Å². The van der Waals surface area contributed by atoms with E-state index < -0.39 is 17.5 Å². The third-order valence-electron chi connectivity index (χ3n) is 3.38. The summed E-state index contributed by atoms with van der Waals surface area (Å²) < 4.78 is 16.3. The average molecular weight is 313 g/mol. The Hall–Kier alpha value is -3.02. The first-order valence-corrected chi connectivity index (χ1v) is 6.96. The lowest BCUT2D eigenvalue weighted by molar-refractivity contribution is -0.312. The lowest BCUT2D eigenvalue weighted by atomic mass is 10.1. The van der Waals surface area contributed by atoms with Gasteiger partial charge in [0.15, 0.2) is 5.76 Å². The molecule has 0 bridgehead atoms. The first kappa shape index (κ1) is 14.9. The Bertz CT molecular complexity index is 920. The summed E-state index contributed by atoms with van der Waals surface area (Å²) in [6.45, 7) is 3.12. The number of benzene rings is 1. The predicted molar refractivity (Wildman–Crippen MR) is 80.0 cm³/mol. The lowest BCUT2D eigenvalue weighted by Crippen LogP contribution is -2.38. The molecule has 3 rings (SSSR count). The quantitative estimate of drug-likeness (QED) is 0.730. The van der Waals surface area contributed by atoms with Gasteiger partial charge in [0.1, 0.15) is 11.7 Å². The number of rotatable bonds is 4. The van der Waals surface area contributed by atoms with Crippen molar-refractivity contribution in [1.29, 1.82) is 0 Å². The maximum atomic E-state index is 12.7. The van der Waals surface area contributed by atoms with Crippen LogP contribution in [0.4, 0.5) is 0 Å². The molecule has 0 radical (unpaired) electrons. The van der Waals surface area contributed by atoms with E-state index in [4.69, 9.17) is 13.6 Å². The Kier molecular flexibility index (Phi) is 3.65. The van der Waals surface area contributed by atoms with Gasteiger partial charge in [-0.3, -0.25) is 4.79 Å². The van der Waals surface area contributed by atoms with Gasteiger partial charge in [-0.15, -0.1) is 0 Å². The van der Waals surface area contributed by atoms with Crippen LogP contribution in [0.5, 0.6) is 5.75 Å². The number of aryl methyl sites for hydroxylation is 1. The number of fused-ring (bicyclic) bond motifs is 1. The topological polar surface area (TPSA) is 92.7 Å². The van der Waals surface area contributed by atoms with Crippen molar-refractivity contribution in [3.63, 3.8) is 0 Å². The highest BCUT2D eigenvalue weighted by atomic mass is 16.5. The normalized spacial score (nSPS) is 12.3. The monoisotopic (exact) mass is 313 g/mol. The van der Waals surface area contributed by atoms with Gasteiger partial charge in [-0.1, -0.05) is 11.6 Å². The smallest absolute Gasteiger partial charge is 0.235 e. The molecule has 6 nitrogen and oxygen atoms in total. The SMILES string of the molecule is Cc1ccc2oc(-c3ccco3)c(OC(C)C(=O)[O-])c(=O)c2c1. The van der Waals surface area contributed by atoms with Crippen LogP contribution in [-0.4, -0.2) is 12.1 Å². The standard InChI is InChI=1S/C17H14O6/c1-9-5-6-12-11(8-9)14(18)16(22-10(2)17(19)20)15(23-12)13-4-3-7-21-13/h3-8,10H,1-2H3,(H,19,20)/p-1. The van der Waals surface area contributed by atoms with Crippen LogP contribution in [0.15, 0.2) is 50.2 Å². The molecule has 0 spiro atoms. The van der Waals surface area contributed by atoms with Crippen molar-refractivity contribution in [1.82, 2.24) is 0 Å². The van der Waals surface area contributed by atoms with Crippen molar-refractivity contribution in [2.24, 2.45) is 0 Å². The summed E-state index contributed by atoms with van der Waals surface area (Å²) in [4.78, 5) is 23.7. The molecule has 1 atom stereocenters. The van der Waals surface area contributed by atoms with Gasteiger partial charge in [0.2, 0.25) is 16.9 Å². The zero-order valence-corrected chi connectivity index (χ0v) is 12.5. The van der Waals surface area contributed by atoms with Crippen LogP contribution in [-0.2, 0) is 4.79 Å². The Morgan fingerprint density at radius 1 is 1.30 bits per heavy atom. The Labute approximate surface area is 130 Å². The van der Waals surface area contributed by atoms with Crippen LogP contribution < -0.4 is 15.3 Å². The summed E-state index contributed by atoms with van der Waals surface area (Å²) in [5.74, 6) is -1.33. The second-order valence-electron chi connectivity index (χ2n) is 5.15. The van der Waals surface area contributed by atoms with Crippen LogP contribution in [0.3, 0.4) is 0 Å². The molecule has 0 aliphatic heterocycles. The van der Waals surface area contributed by atoms with Crippen LogP contribution in [0, 0.1) is 6.92 Å². The number of carboxylic acid groups (broad SMARTS) is 1. The van der Waals surface area contributed by atoms with Gasteiger partial charge in [0.25, 0.3) is 0 Å². The van der Waals surface area contributed by atoms with Crippen molar-refractivity contribution in [2.75, 3.05) is 0 Å². The number of ether oxygens (including phenoxy) is 1. The number of hydrogen-bond acceptors (Lipinski definition) is 6. The maximum absolute atomic E-state index is 12.7. The third kappa shape index (κ3) is 2.70. The summed E-state index contributed by atoms with van der Waals surface area (Å²) >= 11 is 0. The highest BCUT2D eigenvalue weighted by Crippen LogP contribution is 2.31. The molecule has 0 N–H and O–H groups in total. The molecule has 0 saturated heterocycles. The van der Waals surface area contributed by atoms with E-state index >= 15 is 0 Å². The number of carboxylic acids is 1. The molecule has 118 valence electrons. The molecular formula is C17H13O6-. The van der Waals surface area contributed by atoms with Crippen LogP contribution in [0.25, 0.3) is 22.5 Å². The second kappa shape index (κ2) is 5.64. The molecule has 1 unspecified atom stereocenters. The van der Waals surface area contributed by atoms with E-state index in [-0.39, 0.29) is 17.3 Å². The first-order valence-electron chi connectivity index (χ1n) is 6.96. The van der Waals surface area contributed by atoms with Gasteiger partial charge in [0, 0.05) is 0 Å². The summed E-state index contributed by atoms with van der Waals surface area (Å²) in [6, 6.07) is 8.35. The fourth-order valence-electron chi connectivity index (χ4n) is 2.19. The molecule has 0 aliphatic carbocycles. The summed E-state index contributed by atoms with van der Waals surface area (Å²) in [7, 11) is 0. The van der Waals surface area contributed by atoms with Crippen molar-refractivity contribution < 1.29 is 23.5 Å². The second-order valence-corrected chi connectivity index (χ2v) is 5.15. The molecule has 0 saturated carbocycles. The van der Waals surface area contributed by atoms with Crippen molar-refractivity contribution in [2.45, 2.75) is 20.0 Å². The van der Waals surface area contributed by atoms with E-state index in [0.29, 0.717) is 11.0 Å². The zero-order chi connectivity index (χ0) is 16.6. The summed E-state index contributed by atoms with van der Waals surface area (Å²) in [6.07, 6.45) is 0.106. The Morgan fingerprint density at radius 2 is 2.09 bits per heavy atom. The van der Waals surface area contributed by atoms with Gasteiger partial charge in [-0.2, -0.15) is 0 Å². The van der Waals surface area contributed by atoms with Crippen LogP contribution in [0.1, 0.15) is 12.5 Å². The first-order chi connectivity index (χ1) is 11.0. The number of hydrogen-bond donors (Lipinski definition) is 0. The van der Waals surface area contributed by atoms with E-state index in [9.17, 15) is 14.7 Å². The molecular weight excluding hydrogens is 300 g/mol. The van der Waals surface area contributed by atoms with Gasteiger partial charge in [-0.25, -0.2) is 0 Å². The highest BCUT2D eigenvalue weighted by Gasteiger charge is 2.21. The van der Waals surface area contributed by atoms with Crippen molar-refractivity contribution in [3.8, 4) is 17.3 Å². The third-order valence-corrected chi connectivity index (χ3v) is 3.38. The van der Waals surface area contributed by atoms with Crippen molar-refractivity contribution in [3.05, 3.63) is 52.4 Å². The van der Waals surface area contributed by atoms with Gasteiger partial charge >= 0.3 is 0 Å². The number of aliphatic carboxylic acids is 1. The fraction of sp³-hybridized carbons (Fsp3) is 0.176. The molecule has 1 aromatic carbocycles. The Balaban J connectivity index is 2.28. The average Bonchev–Trinajstić information content (AvgIpc) is 3.04. The van der Waals surface area contributed by atoms with Gasteiger partial charge < -0.3 is 23.5 Å². The predicted octanol–water partition coefficient (Wildman–Crippen LogP) is 1.88. The number of carbonyl (C=O) groups excluding carboxylic acids is 1. The van der Waals surface area contributed by atoms with Crippen molar-refractivity contribution >= 4 is 16.9 Å². The highest BCUT2D eigenvalue weighted by molar-refractivity contribution is 5.82. The van der Waals surface area contributed by atoms with E-state index in [1.54, 1.807) is 24.3 Å². The number of furan rings is 1. The van der Waals surface area contributed by atoms with Gasteiger partial charge in [0.05, 0.1) is 17.6 Å². The van der Waals surface area contributed by atoms with E-state index in [1.807, 2.05) is 13.0 Å². The van der Waals surface area contributed by atoms with E-state index in [1.165, 1.54) is 13.2 Å². The van der Waals surface area contributed by atoms with E-state index in [0.717, 1.165) is 5.56 Å². The molecule has 0 fully saturated rings. The minimum absolute atomic E-state index is 0.0458. The molecule has 0 aliphatic rings. The van der Waals surface area contributed by atoms with Crippen LogP contribution in [0.2, 0.25) is 0 Å². The summed E-state index contributed by atoms with van der Waals surface area (Å²) in [5, 5.41) is 11.2. The maximum Gasteiger partial charge on any atom is 0.235 e. The summed E-state index contributed by atoms with van der Waals surface area (Å²) in [5.41, 5.74) is 0.768. The molecule has 0 amide bonds. The lowest BCUT2D eigenvalue weighted by Gasteiger charge is -2.16. The van der Waals surface area contributed by atoms with Gasteiger partial charge in [-0.05, 0) is 38.1 Å². The largest absolute Gasteiger partial charge is 0.546 e. The molecule has 23 heavy (non-hydrogen) atoms. The minimum atomic E-state index is -1.43. The molecule has 2 aromatic heterocycles. The fourth-order valence-corrected chi connectivity index (χ4v) is 2.19. The molecule has 2 heterocycles. The van der Waals surface area contributed by atoms with E-state index in [2.05, 4.69) is 0 Å². The molecule has 6 heteroatoms. The number of carbonyl (C=O) groups is 1.